The lowest BCUT2D eigenvalue weighted by Crippen LogP contribution is -2.22. The molecular weight excluding hydrogens is 247 g/mol. The van der Waals surface area contributed by atoms with Crippen molar-refractivity contribution in [2.45, 2.75) is 23.1 Å². The van der Waals surface area contributed by atoms with E-state index >= 15 is 0 Å². The fourth-order valence-electron chi connectivity index (χ4n) is 1.69. The number of nitrogens with zero attached hydrogens (tertiary/aromatic N) is 1. The molecule has 1 aromatic heterocycles. The van der Waals surface area contributed by atoms with Crippen LogP contribution in [0, 0.1) is 5.82 Å². The molecule has 0 aliphatic heterocycles. The summed E-state index contributed by atoms with van der Waals surface area (Å²) < 4.78 is 12.9. The fourth-order valence-corrected chi connectivity index (χ4v) is 2.79. The lowest BCUT2D eigenvalue weighted by molar-refractivity contribution is 0.626. The van der Waals surface area contributed by atoms with Crippen molar-refractivity contribution in [3.05, 3.63) is 60.2 Å². The van der Waals surface area contributed by atoms with Crippen LogP contribution >= 0.6 is 11.8 Å². The Hall–Kier alpha value is -1.39. The van der Waals surface area contributed by atoms with E-state index in [-0.39, 0.29) is 17.1 Å². The second-order valence-electron chi connectivity index (χ2n) is 4.13. The first-order valence-corrected chi connectivity index (χ1v) is 6.62. The average Bonchev–Trinajstić information content (AvgIpc) is 2.38. The van der Waals surface area contributed by atoms with Crippen LogP contribution in [-0.2, 0) is 0 Å². The molecule has 2 rings (SSSR count). The quantitative estimate of drug-likeness (QED) is 0.858. The first-order valence-electron chi connectivity index (χ1n) is 5.74. The maximum absolute atomic E-state index is 12.9. The van der Waals surface area contributed by atoms with Crippen LogP contribution in [0.25, 0.3) is 0 Å². The van der Waals surface area contributed by atoms with E-state index < -0.39 is 0 Å². The number of hydrogen-bond acceptors (Lipinski definition) is 3. The largest absolute Gasteiger partial charge is 0.327 e. The van der Waals surface area contributed by atoms with Crippen molar-refractivity contribution in [3.63, 3.8) is 0 Å². The van der Waals surface area contributed by atoms with Gasteiger partial charge in [0.1, 0.15) is 5.82 Å². The van der Waals surface area contributed by atoms with E-state index in [4.69, 9.17) is 5.73 Å². The molecule has 0 saturated heterocycles. The van der Waals surface area contributed by atoms with E-state index in [0.717, 1.165) is 10.5 Å². The molecule has 2 aromatic rings. The molecule has 2 unspecified atom stereocenters. The molecule has 0 radical (unpaired) electrons. The summed E-state index contributed by atoms with van der Waals surface area (Å²) in [6.45, 7) is 1.97. The SMILES string of the molecule is CC(N)C(Sc1ccc(F)cc1)c1ccncc1. The molecule has 2 nitrogen and oxygen atoms in total. The van der Waals surface area contributed by atoms with Crippen molar-refractivity contribution in [1.82, 2.24) is 4.98 Å². The van der Waals surface area contributed by atoms with Crippen LogP contribution < -0.4 is 5.73 Å². The Morgan fingerprint density at radius 1 is 1.11 bits per heavy atom. The Balaban J connectivity index is 2.19. The zero-order valence-electron chi connectivity index (χ0n) is 10.1. The number of hydrogen-bond donors (Lipinski definition) is 1. The normalized spacial score (nSPS) is 14.2. The summed E-state index contributed by atoms with van der Waals surface area (Å²) in [5.41, 5.74) is 7.16. The molecule has 4 heteroatoms. The van der Waals surface area contributed by atoms with Crippen LogP contribution in [0.3, 0.4) is 0 Å². The highest BCUT2D eigenvalue weighted by Crippen LogP contribution is 2.36. The second-order valence-corrected chi connectivity index (χ2v) is 5.35. The fraction of sp³-hybridized carbons (Fsp3) is 0.214. The van der Waals surface area contributed by atoms with E-state index in [1.165, 1.54) is 12.1 Å². The zero-order valence-corrected chi connectivity index (χ0v) is 10.9. The predicted octanol–water partition coefficient (Wildman–Crippen LogP) is 3.40. The smallest absolute Gasteiger partial charge is 0.123 e. The van der Waals surface area contributed by atoms with Crippen LogP contribution in [0.2, 0.25) is 0 Å². The number of aromatic nitrogens is 1. The minimum atomic E-state index is -0.222. The van der Waals surface area contributed by atoms with Crippen LogP contribution in [0.4, 0.5) is 4.39 Å². The molecule has 0 fully saturated rings. The minimum absolute atomic E-state index is 0.00227. The van der Waals surface area contributed by atoms with Gasteiger partial charge in [0.05, 0.1) is 0 Å². The van der Waals surface area contributed by atoms with Gasteiger partial charge in [0.2, 0.25) is 0 Å². The lowest BCUT2D eigenvalue weighted by atomic mass is 10.1. The molecule has 0 bridgehead atoms. The number of thioether (sulfide) groups is 1. The molecule has 18 heavy (non-hydrogen) atoms. The summed E-state index contributed by atoms with van der Waals surface area (Å²) in [5.74, 6) is -0.222. The molecule has 0 amide bonds. The van der Waals surface area contributed by atoms with Gasteiger partial charge in [-0.15, -0.1) is 11.8 Å². The van der Waals surface area contributed by atoms with Crippen LogP contribution in [0.1, 0.15) is 17.7 Å². The van der Waals surface area contributed by atoms with Gasteiger partial charge in [0.15, 0.2) is 0 Å². The van der Waals surface area contributed by atoms with Crippen molar-refractivity contribution in [2.24, 2.45) is 5.73 Å². The molecule has 0 aliphatic rings. The van der Waals surface area contributed by atoms with Gasteiger partial charge in [-0.05, 0) is 48.9 Å². The van der Waals surface area contributed by atoms with E-state index in [2.05, 4.69) is 4.98 Å². The predicted molar refractivity (Wildman–Crippen MR) is 72.9 cm³/mol. The van der Waals surface area contributed by atoms with E-state index in [1.807, 2.05) is 19.1 Å². The highest BCUT2D eigenvalue weighted by atomic mass is 32.2. The van der Waals surface area contributed by atoms with Crippen molar-refractivity contribution in [2.75, 3.05) is 0 Å². The van der Waals surface area contributed by atoms with E-state index in [0.29, 0.717) is 0 Å². The monoisotopic (exact) mass is 262 g/mol. The van der Waals surface area contributed by atoms with Crippen molar-refractivity contribution in [1.29, 1.82) is 0 Å². The van der Waals surface area contributed by atoms with Gasteiger partial charge >= 0.3 is 0 Å². The molecule has 1 aromatic carbocycles. The number of nitrogens with two attached hydrogens (primary N) is 1. The summed E-state index contributed by atoms with van der Waals surface area (Å²) in [5, 5.41) is 0.137. The Labute approximate surface area is 110 Å². The molecule has 0 aliphatic carbocycles. The maximum atomic E-state index is 12.9. The number of benzene rings is 1. The van der Waals surface area contributed by atoms with Crippen LogP contribution in [-0.4, -0.2) is 11.0 Å². The molecule has 0 spiro atoms. The van der Waals surface area contributed by atoms with Gasteiger partial charge in [-0.2, -0.15) is 0 Å². The zero-order chi connectivity index (χ0) is 13.0. The third kappa shape index (κ3) is 3.31. The molecular formula is C14H15FN2S. The third-order valence-electron chi connectivity index (χ3n) is 2.59. The minimum Gasteiger partial charge on any atom is -0.327 e. The van der Waals surface area contributed by atoms with Crippen molar-refractivity contribution >= 4 is 11.8 Å². The molecule has 2 N–H and O–H groups in total. The number of pyridine rings is 1. The molecule has 94 valence electrons. The lowest BCUT2D eigenvalue weighted by Gasteiger charge is -2.20. The summed E-state index contributed by atoms with van der Waals surface area (Å²) >= 11 is 1.64. The standard InChI is InChI=1S/C14H15FN2S/c1-10(16)14(11-6-8-17-9-7-11)18-13-4-2-12(15)3-5-13/h2-10,14H,16H2,1H3. The van der Waals surface area contributed by atoms with E-state index in [1.54, 1.807) is 36.3 Å². The maximum Gasteiger partial charge on any atom is 0.123 e. The third-order valence-corrected chi connectivity index (χ3v) is 4.09. The molecule has 1 heterocycles. The Morgan fingerprint density at radius 3 is 2.28 bits per heavy atom. The van der Waals surface area contributed by atoms with Gasteiger partial charge in [-0.25, -0.2) is 4.39 Å². The first kappa shape index (κ1) is 13.1. The second kappa shape index (κ2) is 5.98. The van der Waals surface area contributed by atoms with E-state index in [9.17, 15) is 4.39 Å². The topological polar surface area (TPSA) is 38.9 Å². The van der Waals surface area contributed by atoms with Gasteiger partial charge in [0, 0.05) is 28.6 Å². The molecule has 0 saturated carbocycles. The van der Waals surface area contributed by atoms with Gasteiger partial charge in [-0.1, -0.05) is 0 Å². The van der Waals surface area contributed by atoms with Gasteiger partial charge in [-0.3, -0.25) is 4.98 Å². The van der Waals surface area contributed by atoms with Crippen molar-refractivity contribution < 1.29 is 4.39 Å². The summed E-state index contributed by atoms with van der Waals surface area (Å²) in [4.78, 5) is 5.02. The Bertz CT molecular complexity index is 485. The Morgan fingerprint density at radius 2 is 1.72 bits per heavy atom. The van der Waals surface area contributed by atoms with Crippen molar-refractivity contribution in [3.8, 4) is 0 Å². The summed E-state index contributed by atoms with van der Waals surface area (Å²) in [6.07, 6.45) is 3.52. The molecule has 2 atom stereocenters. The number of halogens is 1. The highest BCUT2D eigenvalue weighted by molar-refractivity contribution is 7.99. The average molecular weight is 262 g/mol. The Kier molecular flexibility index (Phi) is 4.33. The summed E-state index contributed by atoms with van der Waals surface area (Å²) in [6, 6.07) is 10.4. The van der Waals surface area contributed by atoms with Gasteiger partial charge < -0.3 is 5.73 Å². The summed E-state index contributed by atoms with van der Waals surface area (Å²) in [7, 11) is 0. The van der Waals surface area contributed by atoms with Crippen LogP contribution in [0.15, 0.2) is 53.7 Å². The van der Waals surface area contributed by atoms with Crippen LogP contribution in [0.5, 0.6) is 0 Å². The highest BCUT2D eigenvalue weighted by Gasteiger charge is 2.17. The number of rotatable bonds is 4. The first-order chi connectivity index (χ1) is 8.66. The van der Waals surface area contributed by atoms with Gasteiger partial charge in [0.25, 0.3) is 0 Å².